The molecule has 1 unspecified atom stereocenters. The summed E-state index contributed by atoms with van der Waals surface area (Å²) < 4.78 is 1.97. The monoisotopic (exact) mass is 316 g/mol. The van der Waals surface area contributed by atoms with Crippen molar-refractivity contribution in [3.8, 4) is 0 Å². The molecular formula is C18H28N4O. The molecule has 1 saturated heterocycles. The van der Waals surface area contributed by atoms with Crippen LogP contribution >= 0.6 is 0 Å². The van der Waals surface area contributed by atoms with E-state index in [2.05, 4.69) is 21.4 Å². The Labute approximate surface area is 138 Å². The second-order valence-corrected chi connectivity index (χ2v) is 6.70. The number of likely N-dealkylation sites (tertiary alicyclic amines) is 1. The van der Waals surface area contributed by atoms with Gasteiger partial charge in [-0.1, -0.05) is 11.6 Å². The fourth-order valence-corrected chi connectivity index (χ4v) is 3.67. The maximum Gasteiger partial charge on any atom is 0.234 e. The van der Waals surface area contributed by atoms with Gasteiger partial charge in [-0.3, -0.25) is 14.4 Å². The van der Waals surface area contributed by atoms with Crippen molar-refractivity contribution in [2.24, 2.45) is 0 Å². The zero-order valence-electron chi connectivity index (χ0n) is 13.9. The number of nitrogens with one attached hydrogen (secondary N) is 1. The molecule has 0 aromatic carbocycles. The van der Waals surface area contributed by atoms with Crippen LogP contribution in [-0.2, 0) is 11.3 Å². The lowest BCUT2D eigenvalue weighted by Gasteiger charge is -2.24. The Hall–Kier alpha value is -1.62. The third kappa shape index (κ3) is 4.93. The molecule has 0 saturated carbocycles. The Morgan fingerprint density at radius 1 is 1.35 bits per heavy atom. The number of nitrogens with zero attached hydrogens (tertiary/aromatic N) is 3. The quantitative estimate of drug-likeness (QED) is 0.786. The molecule has 2 aliphatic rings. The Balaban J connectivity index is 1.39. The van der Waals surface area contributed by atoms with Gasteiger partial charge in [0, 0.05) is 25.0 Å². The molecule has 1 fully saturated rings. The first kappa shape index (κ1) is 16.2. The molecular weight excluding hydrogens is 288 g/mol. The fourth-order valence-electron chi connectivity index (χ4n) is 3.67. The summed E-state index contributed by atoms with van der Waals surface area (Å²) in [4.78, 5) is 14.5. The highest BCUT2D eigenvalue weighted by Crippen LogP contribution is 2.20. The van der Waals surface area contributed by atoms with Crippen molar-refractivity contribution >= 4 is 5.91 Å². The van der Waals surface area contributed by atoms with Crippen molar-refractivity contribution in [2.45, 2.75) is 57.5 Å². The van der Waals surface area contributed by atoms with Crippen LogP contribution in [-0.4, -0.2) is 46.3 Å². The van der Waals surface area contributed by atoms with Gasteiger partial charge in [0.2, 0.25) is 5.91 Å². The minimum atomic E-state index is 0.161. The fraction of sp³-hybridized carbons (Fsp3) is 0.667. The Morgan fingerprint density at radius 2 is 2.30 bits per heavy atom. The smallest absolute Gasteiger partial charge is 0.234 e. The van der Waals surface area contributed by atoms with E-state index in [0.717, 1.165) is 32.5 Å². The molecule has 1 amide bonds. The first-order chi connectivity index (χ1) is 11.3. The van der Waals surface area contributed by atoms with Crippen molar-refractivity contribution < 1.29 is 4.79 Å². The lowest BCUT2D eigenvalue weighted by atomic mass is 9.97. The molecule has 1 aromatic rings. The second kappa shape index (κ2) is 8.29. The van der Waals surface area contributed by atoms with Gasteiger partial charge >= 0.3 is 0 Å². The van der Waals surface area contributed by atoms with Crippen LogP contribution < -0.4 is 5.32 Å². The normalized spacial score (nSPS) is 22.1. The van der Waals surface area contributed by atoms with E-state index in [9.17, 15) is 4.79 Å². The summed E-state index contributed by atoms with van der Waals surface area (Å²) >= 11 is 0. The van der Waals surface area contributed by atoms with E-state index in [-0.39, 0.29) is 5.91 Å². The lowest BCUT2D eigenvalue weighted by molar-refractivity contribution is -0.122. The predicted octanol–water partition coefficient (Wildman–Crippen LogP) is 2.35. The number of hydrogen-bond donors (Lipinski definition) is 1. The van der Waals surface area contributed by atoms with E-state index in [1.807, 2.05) is 23.1 Å². The topological polar surface area (TPSA) is 50.2 Å². The molecule has 5 heteroatoms. The third-order valence-electron chi connectivity index (χ3n) is 4.96. The standard InChI is InChI=1S/C18H28N4O/c23-18(19-11-9-16-6-2-1-3-7-16)15-21-12-4-8-17(21)14-22-13-5-10-20-22/h5-6,10,13,17H,1-4,7-9,11-12,14-15H2,(H,19,23). The summed E-state index contributed by atoms with van der Waals surface area (Å²) in [7, 11) is 0. The molecule has 1 atom stereocenters. The van der Waals surface area contributed by atoms with Crippen LogP contribution in [0.25, 0.3) is 0 Å². The number of hydrogen-bond acceptors (Lipinski definition) is 3. The van der Waals surface area contributed by atoms with Crippen LogP contribution in [0.1, 0.15) is 44.9 Å². The zero-order valence-corrected chi connectivity index (χ0v) is 13.9. The van der Waals surface area contributed by atoms with Gasteiger partial charge in [0.15, 0.2) is 0 Å². The molecule has 1 N–H and O–H groups in total. The van der Waals surface area contributed by atoms with Gasteiger partial charge in [0.25, 0.3) is 0 Å². The Bertz CT molecular complexity index is 523. The lowest BCUT2D eigenvalue weighted by Crippen LogP contribution is -2.41. The maximum absolute atomic E-state index is 12.2. The van der Waals surface area contributed by atoms with Gasteiger partial charge in [-0.25, -0.2) is 0 Å². The molecule has 5 nitrogen and oxygen atoms in total. The van der Waals surface area contributed by atoms with E-state index >= 15 is 0 Å². The van der Waals surface area contributed by atoms with Crippen LogP contribution in [0.5, 0.6) is 0 Å². The molecule has 23 heavy (non-hydrogen) atoms. The number of rotatable bonds is 7. The van der Waals surface area contributed by atoms with Gasteiger partial charge < -0.3 is 5.32 Å². The number of allylic oxidation sites excluding steroid dienone is 1. The van der Waals surface area contributed by atoms with Crippen LogP contribution in [0.15, 0.2) is 30.1 Å². The average molecular weight is 316 g/mol. The average Bonchev–Trinajstić information content (AvgIpc) is 3.22. The first-order valence-electron chi connectivity index (χ1n) is 8.97. The van der Waals surface area contributed by atoms with Gasteiger partial charge in [-0.2, -0.15) is 5.10 Å². The van der Waals surface area contributed by atoms with E-state index in [0.29, 0.717) is 12.6 Å². The van der Waals surface area contributed by atoms with E-state index in [4.69, 9.17) is 0 Å². The molecule has 0 radical (unpaired) electrons. The van der Waals surface area contributed by atoms with E-state index in [1.165, 1.54) is 37.7 Å². The summed E-state index contributed by atoms with van der Waals surface area (Å²) in [6.07, 6.45) is 14.6. The number of carbonyl (C=O) groups is 1. The SMILES string of the molecule is O=C(CN1CCCC1Cn1cccn1)NCCC1=CCCCC1. The van der Waals surface area contributed by atoms with Crippen LogP contribution in [0.4, 0.5) is 0 Å². The summed E-state index contributed by atoms with van der Waals surface area (Å²) in [5.74, 6) is 0.161. The summed E-state index contributed by atoms with van der Waals surface area (Å²) in [5.41, 5.74) is 1.52. The molecule has 1 aromatic heterocycles. The minimum Gasteiger partial charge on any atom is -0.355 e. The van der Waals surface area contributed by atoms with E-state index < -0.39 is 0 Å². The molecule has 1 aliphatic heterocycles. The third-order valence-corrected chi connectivity index (χ3v) is 4.96. The number of amides is 1. The minimum absolute atomic E-state index is 0.161. The number of aromatic nitrogens is 2. The van der Waals surface area contributed by atoms with Crippen molar-refractivity contribution in [1.29, 1.82) is 0 Å². The van der Waals surface area contributed by atoms with Crippen molar-refractivity contribution in [1.82, 2.24) is 20.0 Å². The van der Waals surface area contributed by atoms with E-state index in [1.54, 1.807) is 0 Å². The zero-order chi connectivity index (χ0) is 15.9. The summed E-state index contributed by atoms with van der Waals surface area (Å²) in [6.45, 7) is 3.20. The predicted molar refractivity (Wildman–Crippen MR) is 91.0 cm³/mol. The highest BCUT2D eigenvalue weighted by atomic mass is 16.2. The molecule has 0 bridgehead atoms. The molecule has 2 heterocycles. The van der Waals surface area contributed by atoms with Crippen LogP contribution in [0.3, 0.4) is 0 Å². The molecule has 1 aliphatic carbocycles. The highest BCUT2D eigenvalue weighted by Gasteiger charge is 2.26. The van der Waals surface area contributed by atoms with Gasteiger partial charge in [0.1, 0.15) is 0 Å². The van der Waals surface area contributed by atoms with Crippen molar-refractivity contribution in [2.75, 3.05) is 19.6 Å². The summed E-state index contributed by atoms with van der Waals surface area (Å²) in [6, 6.07) is 2.38. The van der Waals surface area contributed by atoms with Crippen molar-refractivity contribution in [3.63, 3.8) is 0 Å². The second-order valence-electron chi connectivity index (χ2n) is 6.70. The largest absolute Gasteiger partial charge is 0.355 e. The first-order valence-corrected chi connectivity index (χ1v) is 8.97. The molecule has 3 rings (SSSR count). The highest BCUT2D eigenvalue weighted by molar-refractivity contribution is 5.78. The Morgan fingerprint density at radius 3 is 3.09 bits per heavy atom. The van der Waals surface area contributed by atoms with Gasteiger partial charge in [-0.05, 0) is 57.6 Å². The molecule has 126 valence electrons. The van der Waals surface area contributed by atoms with Gasteiger partial charge in [-0.15, -0.1) is 0 Å². The van der Waals surface area contributed by atoms with Crippen LogP contribution in [0.2, 0.25) is 0 Å². The van der Waals surface area contributed by atoms with Crippen LogP contribution in [0, 0.1) is 0 Å². The number of carbonyl (C=O) groups excluding carboxylic acids is 1. The maximum atomic E-state index is 12.2. The molecule has 0 spiro atoms. The van der Waals surface area contributed by atoms with Crippen molar-refractivity contribution in [3.05, 3.63) is 30.1 Å². The van der Waals surface area contributed by atoms with Gasteiger partial charge in [0.05, 0.1) is 13.1 Å². The Kier molecular flexibility index (Phi) is 5.86. The summed E-state index contributed by atoms with van der Waals surface area (Å²) in [5, 5.41) is 7.37.